The van der Waals surface area contributed by atoms with Crippen LogP contribution in [0, 0.1) is 6.92 Å². The number of nitrogens with zero attached hydrogens (tertiary/aromatic N) is 2. The van der Waals surface area contributed by atoms with E-state index in [4.69, 9.17) is 27.8 Å². The first kappa shape index (κ1) is 14.8. The average Bonchev–Trinajstić information content (AvgIpc) is 2.89. The van der Waals surface area contributed by atoms with Gasteiger partial charge in [0, 0.05) is 34.0 Å². The predicted octanol–water partition coefficient (Wildman–Crippen LogP) is 2.46. The molecule has 2 aromatic rings. The van der Waals surface area contributed by atoms with E-state index in [-0.39, 0.29) is 6.04 Å². The fourth-order valence-electron chi connectivity index (χ4n) is 2.24. The lowest BCUT2D eigenvalue weighted by Gasteiger charge is -2.18. The lowest BCUT2D eigenvalue weighted by molar-refractivity contribution is 0.408. The molecule has 1 aromatic heterocycles. The smallest absolute Gasteiger partial charge is 0.131 e. The molecule has 0 saturated heterocycles. The Balaban J connectivity index is 2.72. The van der Waals surface area contributed by atoms with E-state index in [0.29, 0.717) is 11.7 Å². The molecule has 0 aliphatic rings. The molecule has 0 aliphatic heterocycles. The molecular formula is C14H19ClN4O. The van der Waals surface area contributed by atoms with E-state index in [1.807, 2.05) is 26.1 Å². The van der Waals surface area contributed by atoms with E-state index in [9.17, 15) is 0 Å². The largest absolute Gasteiger partial charge is 0.496 e. The average molecular weight is 295 g/mol. The van der Waals surface area contributed by atoms with Gasteiger partial charge in [-0.15, -0.1) is 0 Å². The summed E-state index contributed by atoms with van der Waals surface area (Å²) in [5, 5.41) is 4.85. The molecule has 5 nitrogen and oxygen atoms in total. The zero-order chi connectivity index (χ0) is 14.9. The summed E-state index contributed by atoms with van der Waals surface area (Å²) in [6, 6.07) is 1.68. The maximum atomic E-state index is 6.32. The summed E-state index contributed by atoms with van der Waals surface area (Å²) in [5.74, 6) is 0.735. The second-order valence-corrected chi connectivity index (χ2v) is 5.13. The first-order chi connectivity index (χ1) is 9.49. The maximum absolute atomic E-state index is 6.32. The summed E-state index contributed by atoms with van der Waals surface area (Å²) in [7, 11) is 1.63. The highest BCUT2D eigenvalue weighted by Crippen LogP contribution is 2.41. The molecule has 4 N–H and O–H groups in total. The van der Waals surface area contributed by atoms with Crippen LogP contribution in [0.3, 0.4) is 0 Å². The van der Waals surface area contributed by atoms with Gasteiger partial charge in [-0.25, -0.2) is 0 Å². The van der Waals surface area contributed by atoms with Crippen LogP contribution in [0.15, 0.2) is 18.5 Å². The Morgan fingerprint density at radius 1 is 1.50 bits per heavy atom. The third kappa shape index (κ3) is 2.52. The van der Waals surface area contributed by atoms with E-state index in [1.165, 1.54) is 0 Å². The summed E-state index contributed by atoms with van der Waals surface area (Å²) in [6.45, 7) is 4.17. The van der Waals surface area contributed by atoms with Crippen molar-refractivity contribution in [2.45, 2.75) is 26.6 Å². The van der Waals surface area contributed by atoms with Crippen LogP contribution in [0.4, 0.5) is 0 Å². The quantitative estimate of drug-likeness (QED) is 0.908. The van der Waals surface area contributed by atoms with Crippen molar-refractivity contribution in [3.05, 3.63) is 34.6 Å². The number of aromatic nitrogens is 2. The SMILES string of the molecule is COc1c(C(C)N)cc(Cl)c(C)c1-c1cnn(CN)c1. The molecule has 0 fully saturated rings. The molecule has 0 saturated carbocycles. The van der Waals surface area contributed by atoms with E-state index < -0.39 is 0 Å². The zero-order valence-electron chi connectivity index (χ0n) is 11.9. The van der Waals surface area contributed by atoms with Gasteiger partial charge in [0.05, 0.1) is 20.0 Å². The van der Waals surface area contributed by atoms with Crippen molar-refractivity contribution in [2.75, 3.05) is 7.11 Å². The normalized spacial score (nSPS) is 12.5. The van der Waals surface area contributed by atoms with Crippen LogP contribution in [-0.4, -0.2) is 16.9 Å². The standard InChI is InChI=1S/C14H19ClN4O/c1-8-12(15)4-11(9(2)17)14(20-3)13(8)10-5-18-19(6-10)7-16/h4-6,9H,7,16-17H2,1-3H3. The highest BCUT2D eigenvalue weighted by molar-refractivity contribution is 6.32. The Bertz CT molecular complexity index is 622. The van der Waals surface area contributed by atoms with Gasteiger partial charge in [-0.2, -0.15) is 5.10 Å². The van der Waals surface area contributed by atoms with Crippen LogP contribution in [0.1, 0.15) is 24.1 Å². The minimum absolute atomic E-state index is 0.175. The molecule has 0 radical (unpaired) electrons. The van der Waals surface area contributed by atoms with Gasteiger partial charge in [0.15, 0.2) is 0 Å². The molecule has 1 atom stereocenters. The summed E-state index contributed by atoms with van der Waals surface area (Å²) in [6.07, 6.45) is 3.62. The van der Waals surface area contributed by atoms with E-state index in [1.54, 1.807) is 18.0 Å². The molecule has 2 rings (SSSR count). The predicted molar refractivity (Wildman–Crippen MR) is 80.8 cm³/mol. The Hall–Kier alpha value is -1.56. The topological polar surface area (TPSA) is 79.1 Å². The van der Waals surface area contributed by atoms with Crippen molar-refractivity contribution in [3.8, 4) is 16.9 Å². The number of hydrogen-bond donors (Lipinski definition) is 2. The number of benzene rings is 1. The monoisotopic (exact) mass is 294 g/mol. The number of nitrogens with two attached hydrogens (primary N) is 2. The fourth-order valence-corrected chi connectivity index (χ4v) is 2.45. The first-order valence-corrected chi connectivity index (χ1v) is 6.72. The van der Waals surface area contributed by atoms with Crippen LogP contribution in [0.5, 0.6) is 5.75 Å². The van der Waals surface area contributed by atoms with Gasteiger partial charge in [0.2, 0.25) is 0 Å². The summed E-state index contributed by atoms with van der Waals surface area (Å²) >= 11 is 6.32. The molecular weight excluding hydrogens is 276 g/mol. The molecule has 1 unspecified atom stereocenters. The molecule has 6 heteroatoms. The van der Waals surface area contributed by atoms with Gasteiger partial charge in [-0.1, -0.05) is 11.6 Å². The number of ether oxygens (including phenoxy) is 1. The van der Waals surface area contributed by atoms with Gasteiger partial charge in [-0.3, -0.25) is 4.68 Å². The van der Waals surface area contributed by atoms with Crippen molar-refractivity contribution >= 4 is 11.6 Å². The van der Waals surface area contributed by atoms with E-state index >= 15 is 0 Å². The van der Waals surface area contributed by atoms with Crippen LogP contribution in [0.2, 0.25) is 5.02 Å². The van der Waals surface area contributed by atoms with Crippen molar-refractivity contribution in [2.24, 2.45) is 11.5 Å². The minimum atomic E-state index is -0.175. The summed E-state index contributed by atoms with van der Waals surface area (Å²) < 4.78 is 7.22. The van der Waals surface area contributed by atoms with Crippen LogP contribution < -0.4 is 16.2 Å². The fraction of sp³-hybridized carbons (Fsp3) is 0.357. The Morgan fingerprint density at radius 2 is 2.20 bits per heavy atom. The first-order valence-electron chi connectivity index (χ1n) is 6.35. The van der Waals surface area contributed by atoms with Crippen LogP contribution in [-0.2, 0) is 6.67 Å². The van der Waals surface area contributed by atoms with Crippen molar-refractivity contribution in [1.29, 1.82) is 0 Å². The van der Waals surface area contributed by atoms with E-state index in [0.717, 1.165) is 28.0 Å². The van der Waals surface area contributed by atoms with Gasteiger partial charge in [0.25, 0.3) is 0 Å². The van der Waals surface area contributed by atoms with Gasteiger partial charge in [-0.05, 0) is 25.5 Å². The maximum Gasteiger partial charge on any atom is 0.131 e. The van der Waals surface area contributed by atoms with Crippen molar-refractivity contribution < 1.29 is 4.74 Å². The molecule has 0 aliphatic carbocycles. The second-order valence-electron chi connectivity index (χ2n) is 4.72. The summed E-state index contributed by atoms with van der Waals surface area (Å²) in [5.41, 5.74) is 15.2. The third-order valence-electron chi connectivity index (χ3n) is 3.31. The molecule has 0 amide bonds. The van der Waals surface area contributed by atoms with Crippen LogP contribution >= 0.6 is 11.6 Å². The number of rotatable bonds is 4. The highest BCUT2D eigenvalue weighted by atomic mass is 35.5. The minimum Gasteiger partial charge on any atom is -0.496 e. The van der Waals surface area contributed by atoms with Gasteiger partial charge < -0.3 is 16.2 Å². The molecule has 0 spiro atoms. The lowest BCUT2D eigenvalue weighted by Crippen LogP contribution is -2.09. The van der Waals surface area contributed by atoms with Crippen molar-refractivity contribution in [3.63, 3.8) is 0 Å². The van der Waals surface area contributed by atoms with Crippen molar-refractivity contribution in [1.82, 2.24) is 9.78 Å². The molecule has 108 valence electrons. The highest BCUT2D eigenvalue weighted by Gasteiger charge is 2.20. The van der Waals surface area contributed by atoms with Crippen LogP contribution in [0.25, 0.3) is 11.1 Å². The third-order valence-corrected chi connectivity index (χ3v) is 3.70. The Kier molecular flexibility index (Phi) is 4.32. The molecule has 0 bridgehead atoms. The molecule has 1 aromatic carbocycles. The molecule has 20 heavy (non-hydrogen) atoms. The van der Waals surface area contributed by atoms with Gasteiger partial charge >= 0.3 is 0 Å². The Labute approximate surface area is 123 Å². The van der Waals surface area contributed by atoms with E-state index in [2.05, 4.69) is 5.10 Å². The molecule has 1 heterocycles. The number of halogens is 1. The summed E-state index contributed by atoms with van der Waals surface area (Å²) in [4.78, 5) is 0. The zero-order valence-corrected chi connectivity index (χ0v) is 12.6. The number of hydrogen-bond acceptors (Lipinski definition) is 4. The Morgan fingerprint density at radius 3 is 2.70 bits per heavy atom. The van der Waals surface area contributed by atoms with Gasteiger partial charge in [0.1, 0.15) is 5.75 Å². The number of methoxy groups -OCH3 is 1. The lowest BCUT2D eigenvalue weighted by atomic mass is 9.96. The second kappa shape index (κ2) is 5.83.